The quantitative estimate of drug-likeness (QED) is 0.253. The smallest absolute Gasteiger partial charge is 0.408 e. The van der Waals surface area contributed by atoms with E-state index in [0.717, 1.165) is 19.3 Å². The molecule has 0 unspecified atom stereocenters. The van der Waals surface area contributed by atoms with Gasteiger partial charge in [0.05, 0.1) is 17.6 Å². The molecule has 0 radical (unpaired) electrons. The number of hydrogen-bond acceptors (Lipinski definition) is 9. The lowest BCUT2D eigenvalue weighted by molar-refractivity contribution is -0.150. The molecule has 2 aliphatic heterocycles. The second kappa shape index (κ2) is 14.2. The highest BCUT2D eigenvalue weighted by molar-refractivity contribution is 9.10. The van der Waals surface area contributed by atoms with E-state index in [9.17, 15) is 27.6 Å². The van der Waals surface area contributed by atoms with E-state index in [-0.39, 0.29) is 36.8 Å². The van der Waals surface area contributed by atoms with E-state index in [2.05, 4.69) is 26.6 Å². The molecule has 1 aliphatic carbocycles. The van der Waals surface area contributed by atoms with Crippen LogP contribution in [0.2, 0.25) is 0 Å². The molecule has 3 aliphatic rings. The van der Waals surface area contributed by atoms with Gasteiger partial charge in [-0.1, -0.05) is 40.9 Å². The first kappa shape index (κ1) is 34.9. The Morgan fingerprint density at radius 2 is 1.84 bits per heavy atom. The molecule has 4 rings (SSSR count). The van der Waals surface area contributed by atoms with Gasteiger partial charge in [-0.2, -0.15) is 8.42 Å². The second-order valence-corrected chi connectivity index (χ2v) is 15.1. The Labute approximate surface area is 272 Å². The van der Waals surface area contributed by atoms with Gasteiger partial charge in [-0.15, -0.1) is 0 Å². The molecular formula is C31H42BrN3O9S. The molecular weight excluding hydrogens is 670 g/mol. The summed E-state index contributed by atoms with van der Waals surface area (Å²) in [5.74, 6) is -2.05. The number of hydrogen-bond donors (Lipinski definition) is 2. The van der Waals surface area contributed by atoms with Crippen LogP contribution in [0.1, 0.15) is 72.6 Å². The molecule has 2 fully saturated rings. The van der Waals surface area contributed by atoms with Crippen LogP contribution in [0.15, 0.2) is 45.8 Å². The van der Waals surface area contributed by atoms with Crippen molar-refractivity contribution in [3.05, 3.63) is 40.9 Å². The molecule has 3 amide bonds. The van der Waals surface area contributed by atoms with E-state index in [4.69, 9.17) is 13.7 Å². The van der Waals surface area contributed by atoms with E-state index in [1.54, 1.807) is 39.8 Å². The SMILES string of the molecule is CCOC(=O)[C@@]12C[C@H]1C=CCCCCC[C@H](NC(=O)OC(C)(C)C)C(=O)N1C[C@@H](OS(=O)(=O)c3ccc(Br)cc3)C[C@H]1C(=O)N2. The van der Waals surface area contributed by atoms with Crippen molar-refractivity contribution in [3.8, 4) is 0 Å². The zero-order chi connectivity index (χ0) is 33.0. The largest absolute Gasteiger partial charge is 0.464 e. The first-order chi connectivity index (χ1) is 21.1. The van der Waals surface area contributed by atoms with Gasteiger partial charge in [0.25, 0.3) is 10.1 Å². The molecule has 0 aromatic heterocycles. The topological polar surface area (TPSA) is 157 Å². The zero-order valence-electron chi connectivity index (χ0n) is 26.0. The van der Waals surface area contributed by atoms with Crippen LogP contribution in [-0.4, -0.2) is 79.7 Å². The van der Waals surface area contributed by atoms with Gasteiger partial charge in [0, 0.05) is 23.4 Å². The van der Waals surface area contributed by atoms with Crippen LogP contribution in [0, 0.1) is 5.92 Å². The number of rotatable bonds is 6. The lowest BCUT2D eigenvalue weighted by Gasteiger charge is -2.30. The third-order valence-corrected chi connectivity index (χ3v) is 9.84. The molecule has 1 saturated carbocycles. The minimum atomic E-state index is -4.25. The molecule has 1 aromatic rings. The number of amides is 3. The predicted octanol–water partition coefficient (Wildman–Crippen LogP) is 3.98. The normalized spacial score (nSPS) is 27.7. The van der Waals surface area contributed by atoms with Crippen molar-refractivity contribution in [1.29, 1.82) is 0 Å². The first-order valence-corrected chi connectivity index (χ1v) is 17.5. The number of allylic oxidation sites excluding steroid dienone is 1. The zero-order valence-corrected chi connectivity index (χ0v) is 28.4. The summed E-state index contributed by atoms with van der Waals surface area (Å²) in [6, 6.07) is 3.69. The number of fused-ring (bicyclic) bond motifs is 2. The van der Waals surface area contributed by atoms with Gasteiger partial charge in [-0.25, -0.2) is 9.59 Å². The lowest BCUT2D eigenvalue weighted by Crippen LogP contribution is -2.56. The van der Waals surface area contributed by atoms with Crippen LogP contribution in [0.3, 0.4) is 0 Å². The second-order valence-electron chi connectivity index (χ2n) is 12.6. The number of nitrogens with zero attached hydrogens (tertiary/aromatic N) is 1. The van der Waals surface area contributed by atoms with E-state index in [1.807, 2.05) is 12.2 Å². The lowest BCUT2D eigenvalue weighted by atomic mass is 10.0. The number of benzene rings is 1. The van der Waals surface area contributed by atoms with E-state index in [0.29, 0.717) is 17.3 Å². The van der Waals surface area contributed by atoms with Crippen LogP contribution in [0.5, 0.6) is 0 Å². The Hall–Kier alpha value is -2.97. The van der Waals surface area contributed by atoms with Crippen LogP contribution in [-0.2, 0) is 38.2 Å². The van der Waals surface area contributed by atoms with Crippen LogP contribution in [0.25, 0.3) is 0 Å². The fraction of sp³-hybridized carbons (Fsp3) is 0.613. The summed E-state index contributed by atoms with van der Waals surface area (Å²) in [5, 5.41) is 5.50. The molecule has 1 saturated heterocycles. The minimum absolute atomic E-state index is 0.0794. The maximum atomic E-state index is 14.1. The fourth-order valence-electron chi connectivity index (χ4n) is 5.66. The summed E-state index contributed by atoms with van der Waals surface area (Å²) in [7, 11) is -4.25. The molecule has 0 bridgehead atoms. The third-order valence-electron chi connectivity index (χ3n) is 7.94. The molecule has 14 heteroatoms. The Morgan fingerprint density at radius 3 is 2.51 bits per heavy atom. The van der Waals surface area contributed by atoms with Crippen LogP contribution < -0.4 is 10.6 Å². The Kier molecular flexibility index (Phi) is 11.0. The molecule has 5 atom stereocenters. The summed E-state index contributed by atoms with van der Waals surface area (Å²) >= 11 is 3.28. The summed E-state index contributed by atoms with van der Waals surface area (Å²) < 4.78 is 43.2. The van der Waals surface area contributed by atoms with Gasteiger partial charge < -0.3 is 25.0 Å². The number of carbonyl (C=O) groups excluding carboxylic acids is 4. The molecule has 45 heavy (non-hydrogen) atoms. The molecule has 248 valence electrons. The molecule has 0 spiro atoms. The number of nitrogens with one attached hydrogen (secondary N) is 2. The Balaban J connectivity index is 1.65. The Bertz CT molecular complexity index is 1410. The molecule has 2 N–H and O–H groups in total. The maximum absolute atomic E-state index is 14.1. The van der Waals surface area contributed by atoms with Crippen LogP contribution in [0.4, 0.5) is 4.79 Å². The number of halogens is 1. The van der Waals surface area contributed by atoms with Gasteiger partial charge >= 0.3 is 12.1 Å². The average molecular weight is 713 g/mol. The van der Waals surface area contributed by atoms with Crippen molar-refractivity contribution < 1.29 is 41.3 Å². The van der Waals surface area contributed by atoms with Gasteiger partial charge in [0.15, 0.2) is 0 Å². The highest BCUT2D eigenvalue weighted by Crippen LogP contribution is 2.46. The highest BCUT2D eigenvalue weighted by atomic mass is 79.9. The van der Waals surface area contributed by atoms with Crippen molar-refractivity contribution >= 4 is 49.9 Å². The summed E-state index contributed by atoms with van der Waals surface area (Å²) in [6.07, 6.45) is 5.49. The summed E-state index contributed by atoms with van der Waals surface area (Å²) in [6.45, 7) is 6.70. The average Bonchev–Trinajstić information content (AvgIpc) is 3.48. The fourth-order valence-corrected chi connectivity index (χ4v) is 7.01. The van der Waals surface area contributed by atoms with Crippen molar-refractivity contribution in [2.45, 2.75) is 107 Å². The van der Waals surface area contributed by atoms with E-state index in [1.165, 1.54) is 17.0 Å². The summed E-state index contributed by atoms with van der Waals surface area (Å²) in [4.78, 5) is 55.0. The van der Waals surface area contributed by atoms with Crippen molar-refractivity contribution in [3.63, 3.8) is 0 Å². The number of ether oxygens (including phenoxy) is 2. The van der Waals surface area contributed by atoms with E-state index < -0.39 is 63.3 Å². The highest BCUT2D eigenvalue weighted by Gasteiger charge is 2.62. The van der Waals surface area contributed by atoms with Gasteiger partial charge in [0.2, 0.25) is 11.8 Å². The van der Waals surface area contributed by atoms with Gasteiger partial charge in [-0.05, 0) is 77.6 Å². The molecule has 12 nitrogen and oxygen atoms in total. The minimum Gasteiger partial charge on any atom is -0.464 e. The van der Waals surface area contributed by atoms with Crippen molar-refractivity contribution in [1.82, 2.24) is 15.5 Å². The van der Waals surface area contributed by atoms with Gasteiger partial charge in [-0.3, -0.25) is 13.8 Å². The Morgan fingerprint density at radius 1 is 1.13 bits per heavy atom. The predicted molar refractivity (Wildman–Crippen MR) is 167 cm³/mol. The number of alkyl carbamates (subject to hydrolysis) is 1. The van der Waals surface area contributed by atoms with Crippen molar-refractivity contribution in [2.75, 3.05) is 13.2 Å². The molecule has 1 aromatic carbocycles. The monoisotopic (exact) mass is 711 g/mol. The number of carbonyl (C=O) groups is 4. The molecule has 2 heterocycles. The first-order valence-electron chi connectivity index (χ1n) is 15.3. The van der Waals surface area contributed by atoms with E-state index >= 15 is 0 Å². The third kappa shape index (κ3) is 8.85. The van der Waals surface area contributed by atoms with Gasteiger partial charge in [0.1, 0.15) is 23.2 Å². The summed E-state index contributed by atoms with van der Waals surface area (Å²) in [5.41, 5.74) is -2.09. The standard InChI is InChI=1S/C31H42BrN3O9S/c1-5-42-28(38)31-18-20(31)11-9-7-6-8-10-12-24(33-29(39)43-30(2,3)4)27(37)35-19-22(17-25(35)26(36)34-31)44-45(40,41)23-15-13-21(32)14-16-23/h9,11,13-16,20,22,24-25H,5-8,10,12,17-19H2,1-4H3,(H,33,39)(H,34,36)/t20-,22+,24+,25+,31-/m1/s1. The van der Waals surface area contributed by atoms with Crippen LogP contribution >= 0.6 is 15.9 Å². The number of esters is 1. The van der Waals surface area contributed by atoms with Crippen molar-refractivity contribution in [2.24, 2.45) is 5.92 Å². The maximum Gasteiger partial charge on any atom is 0.408 e.